The summed E-state index contributed by atoms with van der Waals surface area (Å²) >= 11 is 0. The molecule has 0 saturated heterocycles. The van der Waals surface area contributed by atoms with Crippen LogP contribution in [0.4, 0.5) is 5.69 Å². The number of nitrogens with one attached hydrogen (secondary N) is 1. The van der Waals surface area contributed by atoms with E-state index in [0.29, 0.717) is 23.5 Å². The number of para-hydroxylation sites is 1. The normalized spacial score (nSPS) is 10.4. The molecule has 0 radical (unpaired) electrons. The molecule has 0 aliphatic carbocycles. The molecule has 3 N–H and O–H groups in total. The van der Waals surface area contributed by atoms with Crippen LogP contribution in [0.1, 0.15) is 17.3 Å². The highest BCUT2D eigenvalue weighted by molar-refractivity contribution is 5.98. The van der Waals surface area contributed by atoms with Gasteiger partial charge in [0.2, 0.25) is 0 Å². The van der Waals surface area contributed by atoms with E-state index < -0.39 is 0 Å². The van der Waals surface area contributed by atoms with Crippen molar-refractivity contribution in [3.05, 3.63) is 23.8 Å². The molecule has 0 atom stereocenters. The van der Waals surface area contributed by atoms with Gasteiger partial charge in [-0.2, -0.15) is 0 Å². The Labute approximate surface area is 108 Å². The molecule has 5 nitrogen and oxygen atoms in total. The number of nitrogens with zero attached hydrogens (tertiary/aromatic N) is 1. The van der Waals surface area contributed by atoms with E-state index in [1.54, 1.807) is 18.2 Å². The summed E-state index contributed by atoms with van der Waals surface area (Å²) in [5, 5.41) is 2.85. The second-order valence-electron chi connectivity index (χ2n) is 4.08. The highest BCUT2D eigenvalue weighted by Crippen LogP contribution is 2.25. The molecule has 0 aromatic heterocycles. The van der Waals surface area contributed by atoms with Gasteiger partial charge in [-0.05, 0) is 25.7 Å². The highest BCUT2D eigenvalue weighted by atomic mass is 16.5. The van der Waals surface area contributed by atoms with Gasteiger partial charge in [0.15, 0.2) is 5.75 Å². The van der Waals surface area contributed by atoms with Gasteiger partial charge in [-0.25, -0.2) is 0 Å². The Morgan fingerprint density at radius 2 is 2.22 bits per heavy atom. The fourth-order valence-corrected chi connectivity index (χ4v) is 1.58. The van der Waals surface area contributed by atoms with Gasteiger partial charge in [-0.15, -0.1) is 0 Å². The largest absolute Gasteiger partial charge is 0.494 e. The zero-order valence-corrected chi connectivity index (χ0v) is 11.2. The van der Waals surface area contributed by atoms with Crippen LogP contribution in [-0.2, 0) is 0 Å². The van der Waals surface area contributed by atoms with Crippen LogP contribution in [0.3, 0.4) is 0 Å². The zero-order chi connectivity index (χ0) is 13.5. The number of hydrogen-bond donors (Lipinski definition) is 2. The summed E-state index contributed by atoms with van der Waals surface area (Å²) in [4.78, 5) is 14.1. The molecular weight excluding hydrogens is 230 g/mol. The van der Waals surface area contributed by atoms with Gasteiger partial charge >= 0.3 is 0 Å². The number of amides is 1. The first-order chi connectivity index (χ1) is 8.60. The molecule has 0 aliphatic rings. The van der Waals surface area contributed by atoms with E-state index >= 15 is 0 Å². The number of benzene rings is 1. The molecule has 5 heteroatoms. The Hall–Kier alpha value is -1.75. The maximum absolute atomic E-state index is 12.0. The van der Waals surface area contributed by atoms with Crippen LogP contribution < -0.4 is 15.8 Å². The van der Waals surface area contributed by atoms with Crippen molar-refractivity contribution in [1.29, 1.82) is 0 Å². The number of nitrogen functional groups attached to an aromatic ring is 1. The third kappa shape index (κ3) is 3.63. The Morgan fingerprint density at radius 1 is 1.50 bits per heavy atom. The molecule has 1 rings (SSSR count). The molecule has 0 bridgehead atoms. The molecule has 0 unspecified atom stereocenters. The summed E-state index contributed by atoms with van der Waals surface area (Å²) in [6, 6.07) is 5.15. The van der Waals surface area contributed by atoms with Gasteiger partial charge in [0.25, 0.3) is 5.91 Å². The van der Waals surface area contributed by atoms with E-state index in [-0.39, 0.29) is 5.91 Å². The molecule has 1 amide bonds. The predicted molar refractivity (Wildman–Crippen MR) is 72.9 cm³/mol. The van der Waals surface area contributed by atoms with Crippen LogP contribution in [0.5, 0.6) is 5.75 Å². The molecule has 0 heterocycles. The number of ether oxygens (including phenoxy) is 1. The second kappa shape index (κ2) is 6.86. The van der Waals surface area contributed by atoms with Crippen LogP contribution in [0.25, 0.3) is 0 Å². The quantitative estimate of drug-likeness (QED) is 0.739. The van der Waals surface area contributed by atoms with Gasteiger partial charge in [0, 0.05) is 13.1 Å². The summed E-state index contributed by atoms with van der Waals surface area (Å²) < 4.78 is 5.15. The Kier molecular flexibility index (Phi) is 5.45. The van der Waals surface area contributed by atoms with Gasteiger partial charge in [-0.1, -0.05) is 13.0 Å². The molecule has 0 fully saturated rings. The number of carbonyl (C=O) groups excluding carboxylic acids is 1. The lowest BCUT2D eigenvalue weighted by Crippen LogP contribution is -2.33. The number of carbonyl (C=O) groups is 1. The monoisotopic (exact) mass is 251 g/mol. The first kappa shape index (κ1) is 14.3. The van der Waals surface area contributed by atoms with Crippen molar-refractivity contribution < 1.29 is 9.53 Å². The fraction of sp³-hybridized carbons (Fsp3) is 0.462. The van der Waals surface area contributed by atoms with E-state index in [0.717, 1.165) is 13.1 Å². The minimum absolute atomic E-state index is 0.163. The van der Waals surface area contributed by atoms with Gasteiger partial charge < -0.3 is 20.7 Å². The third-order valence-electron chi connectivity index (χ3n) is 2.81. The lowest BCUT2D eigenvalue weighted by Gasteiger charge is -2.15. The maximum atomic E-state index is 12.0. The summed E-state index contributed by atoms with van der Waals surface area (Å²) in [6.07, 6.45) is 0. The lowest BCUT2D eigenvalue weighted by molar-refractivity contribution is 0.0947. The third-order valence-corrected chi connectivity index (χ3v) is 2.81. The Balaban J connectivity index is 2.64. The summed E-state index contributed by atoms with van der Waals surface area (Å²) in [5.74, 6) is 0.266. The Bertz CT molecular complexity index is 407. The van der Waals surface area contributed by atoms with E-state index in [1.807, 2.05) is 7.05 Å². The predicted octanol–water partition coefficient (Wildman–Crippen LogP) is 0.959. The zero-order valence-electron chi connectivity index (χ0n) is 11.2. The SMILES string of the molecule is CCN(C)CCNC(=O)c1cccc(N)c1OC. The van der Waals surface area contributed by atoms with Crippen molar-refractivity contribution in [1.82, 2.24) is 10.2 Å². The van der Waals surface area contributed by atoms with Crippen LogP contribution in [-0.4, -0.2) is 44.6 Å². The summed E-state index contributed by atoms with van der Waals surface area (Å²) in [5.41, 5.74) is 6.69. The fourth-order valence-electron chi connectivity index (χ4n) is 1.58. The molecule has 0 aliphatic heterocycles. The molecule has 18 heavy (non-hydrogen) atoms. The first-order valence-electron chi connectivity index (χ1n) is 5.99. The smallest absolute Gasteiger partial charge is 0.255 e. The number of rotatable bonds is 6. The van der Waals surface area contributed by atoms with Crippen molar-refractivity contribution in [2.75, 3.05) is 39.5 Å². The molecule has 0 spiro atoms. The van der Waals surface area contributed by atoms with Crippen molar-refractivity contribution in [2.24, 2.45) is 0 Å². The van der Waals surface area contributed by atoms with E-state index in [9.17, 15) is 4.79 Å². The average molecular weight is 251 g/mol. The number of anilines is 1. The molecule has 0 saturated carbocycles. The van der Waals surface area contributed by atoms with Crippen LogP contribution in [0.15, 0.2) is 18.2 Å². The van der Waals surface area contributed by atoms with Crippen LogP contribution in [0, 0.1) is 0 Å². The average Bonchev–Trinajstić information content (AvgIpc) is 2.37. The lowest BCUT2D eigenvalue weighted by atomic mass is 10.1. The highest BCUT2D eigenvalue weighted by Gasteiger charge is 2.13. The maximum Gasteiger partial charge on any atom is 0.255 e. The first-order valence-corrected chi connectivity index (χ1v) is 5.99. The number of nitrogens with two attached hydrogens (primary N) is 1. The number of likely N-dealkylation sites (N-methyl/N-ethyl adjacent to an activating group) is 1. The standard InChI is InChI=1S/C13H21N3O2/c1-4-16(2)9-8-15-13(17)10-6-5-7-11(14)12(10)18-3/h5-7H,4,8-9,14H2,1-3H3,(H,15,17). The topological polar surface area (TPSA) is 67.6 Å². The number of methoxy groups -OCH3 is 1. The Morgan fingerprint density at radius 3 is 2.83 bits per heavy atom. The molecule has 1 aromatic rings. The summed E-state index contributed by atoms with van der Waals surface area (Å²) in [7, 11) is 3.51. The van der Waals surface area contributed by atoms with E-state index in [2.05, 4.69) is 17.1 Å². The van der Waals surface area contributed by atoms with Crippen LogP contribution in [0.2, 0.25) is 0 Å². The second-order valence-corrected chi connectivity index (χ2v) is 4.08. The van der Waals surface area contributed by atoms with Gasteiger partial charge in [-0.3, -0.25) is 4.79 Å². The number of hydrogen-bond acceptors (Lipinski definition) is 4. The molecular formula is C13H21N3O2. The van der Waals surface area contributed by atoms with Gasteiger partial charge in [0.1, 0.15) is 0 Å². The molecule has 100 valence electrons. The van der Waals surface area contributed by atoms with Crippen molar-refractivity contribution in [3.8, 4) is 5.75 Å². The van der Waals surface area contributed by atoms with Crippen LogP contribution >= 0.6 is 0 Å². The van der Waals surface area contributed by atoms with Crippen molar-refractivity contribution >= 4 is 11.6 Å². The van der Waals surface area contributed by atoms with Crippen molar-refractivity contribution in [2.45, 2.75) is 6.92 Å². The minimum Gasteiger partial charge on any atom is -0.494 e. The summed E-state index contributed by atoms with van der Waals surface area (Å²) in [6.45, 7) is 4.44. The van der Waals surface area contributed by atoms with Gasteiger partial charge in [0.05, 0.1) is 18.4 Å². The van der Waals surface area contributed by atoms with E-state index in [4.69, 9.17) is 10.5 Å². The van der Waals surface area contributed by atoms with E-state index in [1.165, 1.54) is 7.11 Å². The minimum atomic E-state index is -0.163. The molecule has 1 aromatic carbocycles. The van der Waals surface area contributed by atoms with Crippen molar-refractivity contribution in [3.63, 3.8) is 0 Å².